The van der Waals surface area contributed by atoms with Gasteiger partial charge in [0.2, 0.25) is 0 Å². The van der Waals surface area contributed by atoms with Crippen molar-refractivity contribution in [3.05, 3.63) is 33.3 Å². The lowest BCUT2D eigenvalue weighted by Gasteiger charge is -2.07. The van der Waals surface area contributed by atoms with Gasteiger partial charge < -0.3 is 0 Å². The van der Waals surface area contributed by atoms with E-state index in [4.69, 9.17) is 11.6 Å². The van der Waals surface area contributed by atoms with Crippen LogP contribution in [-0.2, 0) is 0 Å². The van der Waals surface area contributed by atoms with Crippen LogP contribution in [0.1, 0.15) is 23.2 Å². The highest BCUT2D eigenvalue weighted by atomic mass is 79.9. The highest BCUT2D eigenvalue weighted by molar-refractivity contribution is 9.10. The van der Waals surface area contributed by atoms with Gasteiger partial charge >= 0.3 is 0 Å². The number of hydrogen-bond donors (Lipinski definition) is 0. The molecule has 0 bridgehead atoms. The third-order valence-electron chi connectivity index (χ3n) is 2.43. The summed E-state index contributed by atoms with van der Waals surface area (Å²) in [4.78, 5) is 12.0. The molecule has 0 spiro atoms. The molecule has 4 heteroatoms. The van der Waals surface area contributed by atoms with Gasteiger partial charge in [-0.25, -0.2) is 0 Å². The van der Waals surface area contributed by atoms with Crippen molar-refractivity contribution in [2.24, 2.45) is 0 Å². The molecule has 15 heavy (non-hydrogen) atoms. The van der Waals surface area contributed by atoms with E-state index in [0.717, 1.165) is 28.6 Å². The molecule has 0 saturated carbocycles. The van der Waals surface area contributed by atoms with Crippen LogP contribution in [0.3, 0.4) is 0 Å². The zero-order valence-corrected chi connectivity index (χ0v) is 11.2. The first-order valence-corrected chi connectivity index (χ1v) is 7.01. The zero-order valence-electron chi connectivity index (χ0n) is 8.00. The van der Waals surface area contributed by atoms with Gasteiger partial charge in [-0.05, 0) is 46.7 Å². The standard InChI is InChI=1S/C11H10BrClOS/c12-8-4-3-7(6-9(8)13)11(14)10-2-1-5-15-10/h3-4,6,10H,1-2,5H2. The maximum Gasteiger partial charge on any atom is 0.175 e. The molecule has 0 aromatic heterocycles. The van der Waals surface area contributed by atoms with Crippen LogP contribution in [0, 0.1) is 0 Å². The number of thioether (sulfide) groups is 1. The Balaban J connectivity index is 2.21. The molecule has 80 valence electrons. The molecule has 0 N–H and O–H groups in total. The van der Waals surface area contributed by atoms with Crippen LogP contribution in [0.15, 0.2) is 22.7 Å². The van der Waals surface area contributed by atoms with Crippen molar-refractivity contribution in [2.75, 3.05) is 5.75 Å². The molecule has 1 fully saturated rings. The van der Waals surface area contributed by atoms with Gasteiger partial charge in [0.1, 0.15) is 0 Å². The number of ketones is 1. The Kier molecular flexibility index (Phi) is 3.75. The Bertz CT molecular complexity index is 388. The van der Waals surface area contributed by atoms with Crippen LogP contribution in [0.25, 0.3) is 0 Å². The lowest BCUT2D eigenvalue weighted by Crippen LogP contribution is -2.13. The van der Waals surface area contributed by atoms with Crippen LogP contribution in [0.2, 0.25) is 5.02 Å². The molecule has 1 aliphatic heterocycles. The number of benzene rings is 1. The molecule has 1 atom stereocenters. The first kappa shape index (κ1) is 11.5. The fraction of sp³-hybridized carbons (Fsp3) is 0.364. The molecule has 1 unspecified atom stereocenters. The molecule has 1 aromatic rings. The summed E-state index contributed by atoms with van der Waals surface area (Å²) < 4.78 is 0.833. The van der Waals surface area contributed by atoms with E-state index in [1.54, 1.807) is 17.8 Å². The van der Waals surface area contributed by atoms with Crippen molar-refractivity contribution in [1.82, 2.24) is 0 Å². The Hall–Kier alpha value is 0.01000. The van der Waals surface area contributed by atoms with Crippen LogP contribution in [0.5, 0.6) is 0 Å². The third kappa shape index (κ3) is 2.58. The second kappa shape index (κ2) is 4.89. The van der Waals surface area contributed by atoms with E-state index in [1.807, 2.05) is 12.1 Å². The summed E-state index contributed by atoms with van der Waals surface area (Å²) in [6.07, 6.45) is 2.14. The number of halogens is 2. The minimum atomic E-state index is 0.141. The molecule has 1 heterocycles. The van der Waals surface area contributed by atoms with Gasteiger partial charge in [-0.1, -0.05) is 17.7 Å². The van der Waals surface area contributed by atoms with E-state index in [2.05, 4.69) is 15.9 Å². The van der Waals surface area contributed by atoms with E-state index in [9.17, 15) is 4.79 Å². The summed E-state index contributed by atoms with van der Waals surface area (Å²) in [7, 11) is 0. The normalized spacial score (nSPS) is 20.5. The van der Waals surface area contributed by atoms with Crippen molar-refractivity contribution >= 4 is 45.1 Å². The first-order chi connectivity index (χ1) is 7.18. The second-order valence-corrected chi connectivity index (χ2v) is 6.07. The lowest BCUT2D eigenvalue weighted by molar-refractivity contribution is 0.0988. The number of carbonyl (C=O) groups excluding carboxylic acids is 1. The lowest BCUT2D eigenvalue weighted by atomic mass is 10.1. The minimum Gasteiger partial charge on any atom is -0.293 e. The Morgan fingerprint density at radius 3 is 2.93 bits per heavy atom. The molecular weight excluding hydrogens is 296 g/mol. The van der Waals surface area contributed by atoms with Gasteiger partial charge in [-0.2, -0.15) is 11.8 Å². The summed E-state index contributed by atoms with van der Waals surface area (Å²) in [6.45, 7) is 0. The van der Waals surface area contributed by atoms with Crippen LogP contribution in [0.4, 0.5) is 0 Å². The van der Waals surface area contributed by atoms with Gasteiger partial charge in [0.05, 0.1) is 10.3 Å². The molecule has 1 aromatic carbocycles. The third-order valence-corrected chi connectivity index (χ3v) is 5.04. The predicted octanol–water partition coefficient (Wildman–Crippen LogP) is 4.18. The largest absolute Gasteiger partial charge is 0.293 e. The van der Waals surface area contributed by atoms with Gasteiger partial charge in [-0.3, -0.25) is 4.79 Å². The molecule has 0 amide bonds. The summed E-state index contributed by atoms with van der Waals surface area (Å²) in [6, 6.07) is 5.40. The maximum atomic E-state index is 12.0. The molecule has 1 saturated heterocycles. The summed E-state index contributed by atoms with van der Waals surface area (Å²) >= 11 is 11.0. The molecule has 1 aliphatic rings. The van der Waals surface area contributed by atoms with Gasteiger partial charge in [-0.15, -0.1) is 0 Å². The number of Topliss-reactive ketones (excluding diaryl/α,β-unsaturated/α-hetero) is 1. The molecular formula is C11H10BrClOS. The molecule has 0 radical (unpaired) electrons. The summed E-state index contributed by atoms with van der Waals surface area (Å²) in [5, 5.41) is 0.742. The minimum absolute atomic E-state index is 0.141. The Morgan fingerprint density at radius 1 is 1.53 bits per heavy atom. The van der Waals surface area contributed by atoms with Crippen molar-refractivity contribution in [3.8, 4) is 0 Å². The van der Waals surface area contributed by atoms with Crippen LogP contribution < -0.4 is 0 Å². The average molecular weight is 306 g/mol. The van der Waals surface area contributed by atoms with E-state index in [0.29, 0.717) is 5.02 Å². The molecule has 0 aliphatic carbocycles. The topological polar surface area (TPSA) is 17.1 Å². The summed E-state index contributed by atoms with van der Waals surface area (Å²) in [5.41, 5.74) is 0.725. The Morgan fingerprint density at radius 2 is 2.33 bits per heavy atom. The quantitative estimate of drug-likeness (QED) is 0.762. The van der Waals surface area contributed by atoms with Gasteiger partial charge in [0, 0.05) is 10.0 Å². The van der Waals surface area contributed by atoms with Crippen LogP contribution >= 0.6 is 39.3 Å². The van der Waals surface area contributed by atoms with E-state index in [-0.39, 0.29) is 11.0 Å². The zero-order chi connectivity index (χ0) is 10.8. The fourth-order valence-electron chi connectivity index (χ4n) is 1.62. The predicted molar refractivity (Wildman–Crippen MR) is 69.0 cm³/mol. The maximum absolute atomic E-state index is 12.0. The van der Waals surface area contributed by atoms with Crippen molar-refractivity contribution in [2.45, 2.75) is 18.1 Å². The number of hydrogen-bond acceptors (Lipinski definition) is 2. The van der Waals surface area contributed by atoms with Crippen molar-refractivity contribution in [1.29, 1.82) is 0 Å². The fourth-order valence-corrected chi connectivity index (χ4v) is 3.29. The Labute approximate surface area is 107 Å². The smallest absolute Gasteiger partial charge is 0.175 e. The number of rotatable bonds is 2. The summed E-state index contributed by atoms with van der Waals surface area (Å²) in [5.74, 6) is 1.31. The van der Waals surface area contributed by atoms with E-state index >= 15 is 0 Å². The van der Waals surface area contributed by atoms with Gasteiger partial charge in [0.15, 0.2) is 5.78 Å². The SMILES string of the molecule is O=C(c1ccc(Br)c(Cl)c1)C1CCCS1. The monoisotopic (exact) mass is 304 g/mol. The van der Waals surface area contributed by atoms with E-state index in [1.165, 1.54) is 0 Å². The second-order valence-electron chi connectivity index (χ2n) is 3.49. The molecule has 2 rings (SSSR count). The highest BCUT2D eigenvalue weighted by Crippen LogP contribution is 2.31. The average Bonchev–Trinajstić information content (AvgIpc) is 2.74. The first-order valence-electron chi connectivity index (χ1n) is 4.79. The molecule has 1 nitrogen and oxygen atoms in total. The van der Waals surface area contributed by atoms with Crippen molar-refractivity contribution in [3.63, 3.8) is 0 Å². The van der Waals surface area contributed by atoms with Crippen LogP contribution in [-0.4, -0.2) is 16.8 Å². The van der Waals surface area contributed by atoms with E-state index < -0.39 is 0 Å². The highest BCUT2D eigenvalue weighted by Gasteiger charge is 2.24. The number of carbonyl (C=O) groups is 1. The van der Waals surface area contributed by atoms with Crippen molar-refractivity contribution < 1.29 is 4.79 Å². The van der Waals surface area contributed by atoms with Gasteiger partial charge in [0.25, 0.3) is 0 Å².